The summed E-state index contributed by atoms with van der Waals surface area (Å²) in [6.07, 6.45) is 1.44. The molecule has 1 heterocycles. The Balaban J connectivity index is 2.89. The van der Waals surface area contributed by atoms with Crippen molar-refractivity contribution < 1.29 is 9.26 Å². The van der Waals surface area contributed by atoms with Gasteiger partial charge in [-0.1, -0.05) is 19.0 Å². The molecule has 86 valence electrons. The Morgan fingerprint density at radius 3 is 2.67 bits per heavy atom. The molecule has 0 radical (unpaired) electrons. The van der Waals surface area contributed by atoms with E-state index in [9.17, 15) is 0 Å². The highest BCUT2D eigenvalue weighted by molar-refractivity contribution is 5.00. The summed E-state index contributed by atoms with van der Waals surface area (Å²) < 4.78 is 10.4. The fourth-order valence-corrected chi connectivity index (χ4v) is 1.20. The Bertz CT molecular complexity index is 305. The largest absolute Gasteiger partial charge is 0.373 e. The first-order chi connectivity index (χ1) is 7.05. The van der Waals surface area contributed by atoms with Crippen LogP contribution in [0.15, 0.2) is 4.52 Å². The van der Waals surface area contributed by atoms with Gasteiger partial charge in [-0.2, -0.15) is 4.98 Å². The highest BCUT2D eigenvalue weighted by atomic mass is 16.5. The van der Waals surface area contributed by atoms with E-state index < -0.39 is 5.54 Å². The number of rotatable bonds is 5. The first-order valence-electron chi connectivity index (χ1n) is 5.20. The topological polar surface area (TPSA) is 74.2 Å². The van der Waals surface area contributed by atoms with Gasteiger partial charge in [0.2, 0.25) is 11.7 Å². The molecule has 5 heteroatoms. The highest BCUT2D eigenvalue weighted by Gasteiger charge is 2.27. The summed E-state index contributed by atoms with van der Waals surface area (Å²) in [5.41, 5.74) is 5.44. The maximum atomic E-state index is 6.00. The van der Waals surface area contributed by atoms with E-state index in [0.29, 0.717) is 11.7 Å². The molecule has 5 nitrogen and oxygen atoms in total. The van der Waals surface area contributed by atoms with Crippen molar-refractivity contribution >= 4 is 0 Å². The lowest BCUT2D eigenvalue weighted by atomic mass is 10.0. The van der Waals surface area contributed by atoms with Crippen molar-refractivity contribution in [3.63, 3.8) is 0 Å². The molecule has 0 spiro atoms. The molecular formula is C10H19N3O2. The van der Waals surface area contributed by atoms with E-state index in [2.05, 4.69) is 10.1 Å². The summed E-state index contributed by atoms with van der Waals surface area (Å²) in [5, 5.41) is 3.88. The van der Waals surface area contributed by atoms with Gasteiger partial charge in [0.15, 0.2) is 0 Å². The van der Waals surface area contributed by atoms with Crippen LogP contribution in [-0.2, 0) is 10.3 Å². The minimum Gasteiger partial charge on any atom is -0.373 e. The Morgan fingerprint density at radius 1 is 1.53 bits per heavy atom. The molecular weight excluding hydrogens is 194 g/mol. The second kappa shape index (κ2) is 4.72. The molecule has 0 amide bonds. The molecule has 0 fully saturated rings. The number of nitrogens with two attached hydrogens (primary N) is 1. The van der Waals surface area contributed by atoms with Gasteiger partial charge >= 0.3 is 0 Å². The van der Waals surface area contributed by atoms with Gasteiger partial charge in [-0.15, -0.1) is 0 Å². The average molecular weight is 213 g/mol. The van der Waals surface area contributed by atoms with E-state index in [1.165, 1.54) is 0 Å². The van der Waals surface area contributed by atoms with Gasteiger partial charge in [-0.25, -0.2) is 0 Å². The van der Waals surface area contributed by atoms with Gasteiger partial charge in [0.05, 0.1) is 5.54 Å². The molecule has 0 bridgehead atoms. The summed E-state index contributed by atoms with van der Waals surface area (Å²) >= 11 is 0. The van der Waals surface area contributed by atoms with Gasteiger partial charge in [0.25, 0.3) is 0 Å². The SMILES string of the molecule is CCC(OC)c1noc(C(C)(N)CC)n1. The Morgan fingerprint density at radius 2 is 2.20 bits per heavy atom. The summed E-state index contributed by atoms with van der Waals surface area (Å²) in [7, 11) is 1.63. The standard InChI is InChI=1S/C10H19N3O2/c1-5-7(14-4)8-12-9(15-13-8)10(3,11)6-2/h7H,5-6,11H2,1-4H3. The van der Waals surface area contributed by atoms with Gasteiger partial charge in [-0.3, -0.25) is 0 Å². The van der Waals surface area contributed by atoms with E-state index in [0.717, 1.165) is 12.8 Å². The number of aromatic nitrogens is 2. The molecule has 0 saturated carbocycles. The number of hydrogen-bond donors (Lipinski definition) is 1. The summed E-state index contributed by atoms with van der Waals surface area (Å²) in [6, 6.07) is 0. The predicted octanol–water partition coefficient (Wildman–Crippen LogP) is 1.75. The molecule has 15 heavy (non-hydrogen) atoms. The molecule has 0 aliphatic rings. The van der Waals surface area contributed by atoms with Gasteiger partial charge in [0.1, 0.15) is 6.10 Å². The molecule has 0 aliphatic carbocycles. The normalized spacial score (nSPS) is 17.4. The second-order valence-electron chi connectivity index (χ2n) is 3.86. The molecule has 1 aromatic heterocycles. The van der Waals surface area contributed by atoms with Gasteiger partial charge in [-0.05, 0) is 19.8 Å². The zero-order chi connectivity index (χ0) is 11.5. The third-order valence-corrected chi connectivity index (χ3v) is 2.61. The van der Waals surface area contributed by atoms with Crippen LogP contribution in [0.3, 0.4) is 0 Å². The van der Waals surface area contributed by atoms with Crippen LogP contribution >= 0.6 is 0 Å². The quantitative estimate of drug-likeness (QED) is 0.806. The second-order valence-corrected chi connectivity index (χ2v) is 3.86. The maximum absolute atomic E-state index is 6.00. The molecule has 0 saturated heterocycles. The van der Waals surface area contributed by atoms with Crippen molar-refractivity contribution in [2.75, 3.05) is 7.11 Å². The van der Waals surface area contributed by atoms with Crippen LogP contribution in [0.4, 0.5) is 0 Å². The van der Waals surface area contributed by atoms with Crippen molar-refractivity contribution in [3.8, 4) is 0 Å². The van der Waals surface area contributed by atoms with Crippen LogP contribution in [-0.4, -0.2) is 17.3 Å². The van der Waals surface area contributed by atoms with Crippen LogP contribution in [0.25, 0.3) is 0 Å². The third kappa shape index (κ3) is 2.54. The molecule has 2 N–H and O–H groups in total. The Hall–Kier alpha value is -0.940. The third-order valence-electron chi connectivity index (χ3n) is 2.61. The fraction of sp³-hybridized carbons (Fsp3) is 0.800. The fourth-order valence-electron chi connectivity index (χ4n) is 1.20. The molecule has 1 rings (SSSR count). The highest BCUT2D eigenvalue weighted by Crippen LogP contribution is 2.23. The Labute approximate surface area is 90.0 Å². The number of hydrogen-bond acceptors (Lipinski definition) is 5. The lowest BCUT2D eigenvalue weighted by Gasteiger charge is -2.16. The summed E-state index contributed by atoms with van der Waals surface area (Å²) in [6.45, 7) is 5.86. The van der Waals surface area contributed by atoms with E-state index in [1.54, 1.807) is 7.11 Å². The first kappa shape index (κ1) is 12.1. The maximum Gasteiger partial charge on any atom is 0.246 e. The van der Waals surface area contributed by atoms with E-state index >= 15 is 0 Å². The smallest absolute Gasteiger partial charge is 0.246 e. The van der Waals surface area contributed by atoms with E-state index in [1.807, 2.05) is 20.8 Å². The first-order valence-corrected chi connectivity index (χ1v) is 5.20. The number of ether oxygens (including phenoxy) is 1. The van der Waals surface area contributed by atoms with Crippen LogP contribution in [0.5, 0.6) is 0 Å². The van der Waals surface area contributed by atoms with Gasteiger partial charge < -0.3 is 15.0 Å². The van der Waals surface area contributed by atoms with Crippen LogP contribution in [0.2, 0.25) is 0 Å². The van der Waals surface area contributed by atoms with Crippen molar-refractivity contribution in [1.29, 1.82) is 0 Å². The molecule has 2 unspecified atom stereocenters. The van der Waals surface area contributed by atoms with Crippen LogP contribution < -0.4 is 5.73 Å². The lowest BCUT2D eigenvalue weighted by molar-refractivity contribution is 0.0903. The summed E-state index contributed by atoms with van der Waals surface area (Å²) in [5.74, 6) is 1.04. The summed E-state index contributed by atoms with van der Waals surface area (Å²) in [4.78, 5) is 4.27. The Kier molecular flexibility index (Phi) is 3.82. The van der Waals surface area contributed by atoms with Crippen molar-refractivity contribution in [1.82, 2.24) is 10.1 Å². The number of methoxy groups -OCH3 is 1. The zero-order valence-electron chi connectivity index (χ0n) is 9.78. The van der Waals surface area contributed by atoms with Crippen LogP contribution in [0, 0.1) is 0 Å². The average Bonchev–Trinajstić information content (AvgIpc) is 2.70. The monoisotopic (exact) mass is 213 g/mol. The number of nitrogens with zero attached hydrogens (tertiary/aromatic N) is 2. The van der Waals surface area contributed by atoms with Gasteiger partial charge in [0, 0.05) is 7.11 Å². The molecule has 0 aromatic carbocycles. The van der Waals surface area contributed by atoms with E-state index in [4.69, 9.17) is 15.0 Å². The predicted molar refractivity (Wildman–Crippen MR) is 56.2 cm³/mol. The van der Waals surface area contributed by atoms with Crippen molar-refractivity contribution in [2.24, 2.45) is 5.73 Å². The minimum atomic E-state index is -0.558. The van der Waals surface area contributed by atoms with Crippen molar-refractivity contribution in [3.05, 3.63) is 11.7 Å². The minimum absolute atomic E-state index is 0.116. The van der Waals surface area contributed by atoms with Crippen molar-refractivity contribution in [2.45, 2.75) is 45.3 Å². The molecule has 0 aliphatic heterocycles. The zero-order valence-corrected chi connectivity index (χ0v) is 9.78. The molecule has 1 aromatic rings. The lowest BCUT2D eigenvalue weighted by Crippen LogP contribution is -2.32. The van der Waals surface area contributed by atoms with E-state index in [-0.39, 0.29) is 6.10 Å². The molecule has 2 atom stereocenters. The van der Waals surface area contributed by atoms with Crippen LogP contribution in [0.1, 0.15) is 51.4 Å².